The SMILES string of the molecule is Cc1cc(Cl)ccc1NC(=O)c1cc(Cl)ccc1OCc1ccccc1. The minimum Gasteiger partial charge on any atom is -0.488 e. The van der Waals surface area contributed by atoms with Gasteiger partial charge < -0.3 is 10.1 Å². The summed E-state index contributed by atoms with van der Waals surface area (Å²) in [6, 6.07) is 20.1. The Kier molecular flexibility index (Phi) is 5.82. The van der Waals surface area contributed by atoms with Crippen LogP contribution in [0.1, 0.15) is 21.5 Å². The second-order valence-corrected chi connectivity index (χ2v) is 6.70. The van der Waals surface area contributed by atoms with Gasteiger partial charge in [-0.2, -0.15) is 0 Å². The second-order valence-electron chi connectivity index (χ2n) is 5.83. The highest BCUT2D eigenvalue weighted by atomic mass is 35.5. The number of amides is 1. The van der Waals surface area contributed by atoms with Crippen molar-refractivity contribution < 1.29 is 9.53 Å². The predicted molar refractivity (Wildman–Crippen MR) is 106 cm³/mol. The highest BCUT2D eigenvalue weighted by molar-refractivity contribution is 6.31. The van der Waals surface area contributed by atoms with E-state index in [1.165, 1.54) is 0 Å². The molecular formula is C21H17Cl2NO2. The van der Waals surface area contributed by atoms with E-state index < -0.39 is 0 Å². The quantitative estimate of drug-likeness (QED) is 0.573. The van der Waals surface area contributed by atoms with E-state index >= 15 is 0 Å². The first-order chi connectivity index (χ1) is 12.5. The smallest absolute Gasteiger partial charge is 0.259 e. The lowest BCUT2D eigenvalue weighted by Crippen LogP contribution is -2.14. The number of ether oxygens (including phenoxy) is 1. The standard InChI is InChI=1S/C21H17Cl2NO2/c1-14-11-16(22)7-9-19(14)24-21(25)18-12-17(23)8-10-20(18)26-13-15-5-3-2-4-6-15/h2-12H,13H2,1H3,(H,24,25). The Bertz CT molecular complexity index is 927. The Morgan fingerprint density at radius 1 is 0.962 bits per heavy atom. The minimum atomic E-state index is -0.291. The molecule has 5 heteroatoms. The summed E-state index contributed by atoms with van der Waals surface area (Å²) in [5, 5.41) is 3.97. The first-order valence-electron chi connectivity index (χ1n) is 8.07. The van der Waals surface area contributed by atoms with Crippen LogP contribution in [0.2, 0.25) is 10.0 Å². The summed E-state index contributed by atoms with van der Waals surface area (Å²) in [4.78, 5) is 12.8. The number of carbonyl (C=O) groups excluding carboxylic acids is 1. The molecule has 3 rings (SSSR count). The van der Waals surface area contributed by atoms with Crippen LogP contribution in [0.4, 0.5) is 5.69 Å². The van der Waals surface area contributed by atoms with E-state index in [0.717, 1.165) is 11.1 Å². The largest absolute Gasteiger partial charge is 0.488 e. The normalized spacial score (nSPS) is 10.4. The maximum Gasteiger partial charge on any atom is 0.259 e. The van der Waals surface area contributed by atoms with Gasteiger partial charge in [0.2, 0.25) is 0 Å². The highest BCUT2D eigenvalue weighted by Crippen LogP contribution is 2.26. The molecule has 0 aliphatic rings. The van der Waals surface area contributed by atoms with Crippen LogP contribution in [0.25, 0.3) is 0 Å². The number of benzene rings is 3. The number of hydrogen-bond acceptors (Lipinski definition) is 2. The van der Waals surface area contributed by atoms with Crippen molar-refractivity contribution >= 4 is 34.8 Å². The molecule has 1 N–H and O–H groups in total. The molecule has 0 bridgehead atoms. The first kappa shape index (κ1) is 18.3. The van der Waals surface area contributed by atoms with E-state index in [1.54, 1.807) is 36.4 Å². The van der Waals surface area contributed by atoms with Gasteiger partial charge in [0.15, 0.2) is 0 Å². The Morgan fingerprint density at radius 3 is 2.38 bits per heavy atom. The van der Waals surface area contributed by atoms with Gasteiger partial charge in [0.1, 0.15) is 12.4 Å². The number of hydrogen-bond donors (Lipinski definition) is 1. The number of nitrogens with one attached hydrogen (secondary N) is 1. The molecule has 3 aromatic rings. The Balaban J connectivity index is 1.81. The van der Waals surface area contributed by atoms with E-state index in [0.29, 0.717) is 33.7 Å². The highest BCUT2D eigenvalue weighted by Gasteiger charge is 2.15. The summed E-state index contributed by atoms with van der Waals surface area (Å²) >= 11 is 12.0. The second kappa shape index (κ2) is 8.26. The molecule has 0 radical (unpaired) electrons. The van der Waals surface area contributed by atoms with Gasteiger partial charge in [-0.3, -0.25) is 4.79 Å². The summed E-state index contributed by atoms with van der Waals surface area (Å²) < 4.78 is 5.85. The van der Waals surface area contributed by atoms with E-state index in [4.69, 9.17) is 27.9 Å². The number of carbonyl (C=O) groups is 1. The zero-order chi connectivity index (χ0) is 18.5. The molecule has 132 valence electrons. The molecule has 0 atom stereocenters. The molecular weight excluding hydrogens is 369 g/mol. The fourth-order valence-corrected chi connectivity index (χ4v) is 2.90. The fraction of sp³-hybridized carbons (Fsp3) is 0.0952. The molecule has 0 fully saturated rings. The number of rotatable bonds is 5. The Morgan fingerprint density at radius 2 is 1.65 bits per heavy atom. The molecule has 0 spiro atoms. The van der Waals surface area contributed by atoms with Crippen LogP contribution in [0.5, 0.6) is 5.75 Å². The molecule has 0 saturated heterocycles. The summed E-state index contributed by atoms with van der Waals surface area (Å²) in [5.41, 5.74) is 2.96. The van der Waals surface area contributed by atoms with Crippen LogP contribution in [0.15, 0.2) is 66.7 Å². The molecule has 1 amide bonds. The van der Waals surface area contributed by atoms with Gasteiger partial charge in [-0.05, 0) is 54.4 Å². The Labute approximate surface area is 162 Å². The zero-order valence-electron chi connectivity index (χ0n) is 14.1. The van der Waals surface area contributed by atoms with E-state index in [-0.39, 0.29) is 5.91 Å². The van der Waals surface area contributed by atoms with Crippen molar-refractivity contribution in [2.24, 2.45) is 0 Å². The molecule has 0 aliphatic heterocycles. The van der Waals surface area contributed by atoms with Crippen LogP contribution in [-0.4, -0.2) is 5.91 Å². The zero-order valence-corrected chi connectivity index (χ0v) is 15.6. The topological polar surface area (TPSA) is 38.3 Å². The first-order valence-corrected chi connectivity index (χ1v) is 8.82. The van der Waals surface area contributed by atoms with Gasteiger partial charge in [-0.25, -0.2) is 0 Å². The average molecular weight is 386 g/mol. The summed E-state index contributed by atoms with van der Waals surface area (Å²) in [5.74, 6) is 0.184. The monoisotopic (exact) mass is 385 g/mol. The van der Waals surface area contributed by atoms with Gasteiger partial charge in [0.05, 0.1) is 5.56 Å². The molecule has 0 aromatic heterocycles. The van der Waals surface area contributed by atoms with Crippen LogP contribution in [0.3, 0.4) is 0 Å². The molecule has 0 aliphatic carbocycles. The van der Waals surface area contributed by atoms with Gasteiger partial charge in [-0.15, -0.1) is 0 Å². The van der Waals surface area contributed by atoms with Crippen molar-refractivity contribution in [1.82, 2.24) is 0 Å². The summed E-state index contributed by atoms with van der Waals surface area (Å²) in [6.45, 7) is 2.25. The summed E-state index contributed by atoms with van der Waals surface area (Å²) in [7, 11) is 0. The molecule has 0 unspecified atom stereocenters. The number of aryl methyl sites for hydroxylation is 1. The molecule has 3 aromatic carbocycles. The third-order valence-electron chi connectivity index (χ3n) is 3.86. The summed E-state index contributed by atoms with van der Waals surface area (Å²) in [6.07, 6.45) is 0. The van der Waals surface area contributed by atoms with E-state index in [1.807, 2.05) is 37.3 Å². The third-order valence-corrected chi connectivity index (χ3v) is 4.33. The lowest BCUT2D eigenvalue weighted by Gasteiger charge is -2.13. The maximum atomic E-state index is 12.8. The average Bonchev–Trinajstić information content (AvgIpc) is 2.63. The van der Waals surface area contributed by atoms with Gasteiger partial charge in [0, 0.05) is 15.7 Å². The van der Waals surface area contributed by atoms with Crippen LogP contribution < -0.4 is 10.1 Å². The lowest BCUT2D eigenvalue weighted by atomic mass is 10.1. The van der Waals surface area contributed by atoms with Gasteiger partial charge in [0.25, 0.3) is 5.91 Å². The Hall–Kier alpha value is -2.49. The van der Waals surface area contributed by atoms with E-state index in [9.17, 15) is 4.79 Å². The third kappa shape index (κ3) is 4.57. The number of halogens is 2. The maximum absolute atomic E-state index is 12.8. The van der Waals surface area contributed by atoms with Crippen LogP contribution in [0, 0.1) is 6.92 Å². The lowest BCUT2D eigenvalue weighted by molar-refractivity contribution is 0.102. The van der Waals surface area contributed by atoms with Crippen molar-refractivity contribution in [3.8, 4) is 5.75 Å². The van der Waals surface area contributed by atoms with Crippen molar-refractivity contribution in [1.29, 1.82) is 0 Å². The molecule has 26 heavy (non-hydrogen) atoms. The van der Waals surface area contributed by atoms with E-state index in [2.05, 4.69) is 5.32 Å². The van der Waals surface area contributed by atoms with Crippen LogP contribution in [-0.2, 0) is 6.61 Å². The van der Waals surface area contributed by atoms with Crippen molar-refractivity contribution in [2.45, 2.75) is 13.5 Å². The van der Waals surface area contributed by atoms with Gasteiger partial charge >= 0.3 is 0 Å². The molecule has 0 heterocycles. The minimum absolute atomic E-state index is 0.291. The number of anilines is 1. The molecule has 0 saturated carbocycles. The van der Waals surface area contributed by atoms with Crippen molar-refractivity contribution in [3.63, 3.8) is 0 Å². The van der Waals surface area contributed by atoms with Crippen molar-refractivity contribution in [3.05, 3.63) is 93.5 Å². The molecule has 3 nitrogen and oxygen atoms in total. The van der Waals surface area contributed by atoms with Crippen LogP contribution >= 0.6 is 23.2 Å². The predicted octanol–water partition coefficient (Wildman–Crippen LogP) is 6.13. The van der Waals surface area contributed by atoms with Gasteiger partial charge in [-0.1, -0.05) is 53.5 Å². The van der Waals surface area contributed by atoms with Crippen molar-refractivity contribution in [2.75, 3.05) is 5.32 Å². The fourth-order valence-electron chi connectivity index (χ4n) is 2.50.